The van der Waals surface area contributed by atoms with Crippen LogP contribution in [0.5, 0.6) is 0 Å². The van der Waals surface area contributed by atoms with Gasteiger partial charge in [0.2, 0.25) is 0 Å². The maximum Gasteiger partial charge on any atom is 0.0629 e. The summed E-state index contributed by atoms with van der Waals surface area (Å²) >= 11 is 0. The molecular formula is C16H17NOS. The van der Waals surface area contributed by atoms with E-state index in [1.807, 2.05) is 37.4 Å². The molecule has 1 N–H and O–H groups in total. The van der Waals surface area contributed by atoms with Crippen LogP contribution in [0.3, 0.4) is 0 Å². The van der Waals surface area contributed by atoms with Crippen LogP contribution in [0.2, 0.25) is 0 Å². The second-order valence-corrected chi connectivity index (χ2v) is 6.49. The predicted molar refractivity (Wildman–Crippen MR) is 78.6 cm³/mol. The zero-order chi connectivity index (χ0) is 13.2. The molecule has 0 fully saturated rings. The van der Waals surface area contributed by atoms with Gasteiger partial charge in [0.05, 0.1) is 16.0 Å². The smallest absolute Gasteiger partial charge is 0.0629 e. The molecule has 0 spiro atoms. The van der Waals surface area contributed by atoms with Gasteiger partial charge in [-0.25, -0.2) is 0 Å². The lowest BCUT2D eigenvalue weighted by molar-refractivity contribution is 0.581. The molecule has 1 aliphatic rings. The Morgan fingerprint density at radius 1 is 1.05 bits per heavy atom. The van der Waals surface area contributed by atoms with Crippen molar-refractivity contribution in [3.05, 3.63) is 65.7 Å². The van der Waals surface area contributed by atoms with Gasteiger partial charge in [-0.15, -0.1) is 0 Å². The van der Waals surface area contributed by atoms with E-state index in [1.54, 1.807) is 0 Å². The van der Waals surface area contributed by atoms with E-state index in [0.717, 1.165) is 11.3 Å². The normalized spacial score (nSPS) is 23.0. The highest BCUT2D eigenvalue weighted by molar-refractivity contribution is 7.85. The minimum Gasteiger partial charge on any atom is -0.312 e. The monoisotopic (exact) mass is 271 g/mol. The lowest BCUT2D eigenvalue weighted by Gasteiger charge is -2.19. The lowest BCUT2D eigenvalue weighted by atomic mass is 10.1. The Morgan fingerprint density at radius 2 is 1.74 bits per heavy atom. The van der Waals surface area contributed by atoms with Crippen molar-refractivity contribution in [3.8, 4) is 0 Å². The summed E-state index contributed by atoms with van der Waals surface area (Å²) in [7, 11) is 0.969. The van der Waals surface area contributed by atoms with Gasteiger partial charge in [0, 0.05) is 10.9 Å². The van der Waals surface area contributed by atoms with Crippen LogP contribution in [0.1, 0.15) is 17.2 Å². The second-order valence-electron chi connectivity index (χ2n) is 4.82. The first-order chi connectivity index (χ1) is 9.31. The van der Waals surface area contributed by atoms with Gasteiger partial charge in [0.1, 0.15) is 0 Å². The predicted octanol–water partition coefficient (Wildman–Crippen LogP) is 2.68. The van der Waals surface area contributed by atoms with E-state index < -0.39 is 10.8 Å². The molecule has 0 radical (unpaired) electrons. The largest absolute Gasteiger partial charge is 0.312 e. The van der Waals surface area contributed by atoms with E-state index in [-0.39, 0.29) is 11.3 Å². The molecule has 3 unspecified atom stereocenters. The minimum absolute atomic E-state index is 0.116. The SMILES string of the molecule is CNC1c2ccccc2CC1S(=O)c1ccccc1. The van der Waals surface area contributed by atoms with Gasteiger partial charge in [-0.2, -0.15) is 0 Å². The standard InChI is InChI=1S/C16H17NOS/c1-17-16-14-10-6-5-7-12(14)11-15(16)19(18)13-8-3-2-4-9-13/h2-10,15-17H,11H2,1H3. The Balaban J connectivity index is 1.93. The quantitative estimate of drug-likeness (QED) is 0.930. The fraction of sp³-hybridized carbons (Fsp3) is 0.250. The van der Waals surface area contributed by atoms with Gasteiger partial charge in [-0.1, -0.05) is 42.5 Å². The number of nitrogens with one attached hydrogen (secondary N) is 1. The Hall–Kier alpha value is -1.45. The molecule has 2 nitrogen and oxygen atoms in total. The summed E-state index contributed by atoms with van der Waals surface area (Å²) in [6.07, 6.45) is 0.878. The van der Waals surface area contributed by atoms with E-state index in [1.165, 1.54) is 11.1 Å². The summed E-state index contributed by atoms with van der Waals surface area (Å²) in [5.74, 6) is 0. The van der Waals surface area contributed by atoms with E-state index in [9.17, 15) is 4.21 Å². The van der Waals surface area contributed by atoms with Gasteiger partial charge in [0.25, 0.3) is 0 Å². The highest BCUT2D eigenvalue weighted by Gasteiger charge is 2.35. The van der Waals surface area contributed by atoms with Crippen molar-refractivity contribution in [3.63, 3.8) is 0 Å². The summed E-state index contributed by atoms with van der Waals surface area (Å²) in [4.78, 5) is 0.917. The third-order valence-electron chi connectivity index (χ3n) is 3.74. The van der Waals surface area contributed by atoms with Crippen molar-refractivity contribution < 1.29 is 4.21 Å². The first kappa shape index (κ1) is 12.6. The van der Waals surface area contributed by atoms with Gasteiger partial charge < -0.3 is 5.32 Å². The zero-order valence-electron chi connectivity index (χ0n) is 10.9. The fourth-order valence-corrected chi connectivity index (χ4v) is 4.46. The molecule has 0 heterocycles. The average molecular weight is 271 g/mol. The number of fused-ring (bicyclic) bond motifs is 1. The first-order valence-corrected chi connectivity index (χ1v) is 7.73. The van der Waals surface area contributed by atoms with Crippen LogP contribution in [0, 0.1) is 0 Å². The number of rotatable bonds is 3. The molecule has 3 heteroatoms. The van der Waals surface area contributed by atoms with Gasteiger partial charge in [-0.3, -0.25) is 4.21 Å². The summed E-state index contributed by atoms with van der Waals surface area (Å²) in [6.45, 7) is 0. The van der Waals surface area contributed by atoms with Crippen LogP contribution >= 0.6 is 0 Å². The Morgan fingerprint density at radius 3 is 2.47 bits per heavy atom. The molecule has 2 aromatic rings. The third-order valence-corrected chi connectivity index (χ3v) is 5.47. The first-order valence-electron chi connectivity index (χ1n) is 6.52. The van der Waals surface area contributed by atoms with Crippen molar-refractivity contribution >= 4 is 10.8 Å². The van der Waals surface area contributed by atoms with E-state index in [4.69, 9.17) is 0 Å². The Labute approximate surface area is 116 Å². The average Bonchev–Trinajstić information content (AvgIpc) is 2.85. The minimum atomic E-state index is -0.977. The van der Waals surface area contributed by atoms with Crippen LogP contribution in [0.4, 0.5) is 0 Å². The van der Waals surface area contributed by atoms with Crippen LogP contribution in [0.25, 0.3) is 0 Å². The number of benzene rings is 2. The fourth-order valence-electron chi connectivity index (χ4n) is 2.83. The van der Waals surface area contributed by atoms with Gasteiger partial charge in [-0.05, 0) is 36.7 Å². The van der Waals surface area contributed by atoms with Gasteiger partial charge in [0.15, 0.2) is 0 Å². The number of hydrogen-bond acceptors (Lipinski definition) is 2. The molecule has 3 rings (SSSR count). The van der Waals surface area contributed by atoms with E-state index in [0.29, 0.717) is 0 Å². The Bertz CT molecular complexity index is 597. The molecule has 0 bridgehead atoms. The molecule has 0 amide bonds. The van der Waals surface area contributed by atoms with Crippen LogP contribution in [0.15, 0.2) is 59.5 Å². The van der Waals surface area contributed by atoms with E-state index >= 15 is 0 Å². The molecule has 98 valence electrons. The van der Waals surface area contributed by atoms with Crippen molar-refractivity contribution in [2.24, 2.45) is 0 Å². The maximum atomic E-state index is 12.8. The third kappa shape index (κ3) is 2.24. The molecule has 0 saturated heterocycles. The molecule has 0 saturated carbocycles. The van der Waals surface area contributed by atoms with Crippen LogP contribution in [-0.4, -0.2) is 16.5 Å². The lowest BCUT2D eigenvalue weighted by Crippen LogP contribution is -2.29. The summed E-state index contributed by atoms with van der Waals surface area (Å²) in [5, 5.41) is 3.44. The number of hydrogen-bond donors (Lipinski definition) is 1. The molecule has 0 aromatic heterocycles. The topological polar surface area (TPSA) is 29.1 Å². The Kier molecular flexibility index (Phi) is 3.49. The molecule has 19 heavy (non-hydrogen) atoms. The summed E-state index contributed by atoms with van der Waals surface area (Å²) in [6, 6.07) is 18.3. The van der Waals surface area contributed by atoms with Crippen molar-refractivity contribution in [2.45, 2.75) is 22.6 Å². The summed E-state index contributed by atoms with van der Waals surface area (Å²) < 4.78 is 12.8. The molecule has 3 atom stereocenters. The molecule has 0 aliphatic heterocycles. The molecule has 1 aliphatic carbocycles. The summed E-state index contributed by atoms with van der Waals surface area (Å²) in [5.41, 5.74) is 2.61. The molecular weight excluding hydrogens is 254 g/mol. The van der Waals surface area contributed by atoms with Crippen molar-refractivity contribution in [2.75, 3.05) is 7.05 Å². The van der Waals surface area contributed by atoms with Crippen LogP contribution in [-0.2, 0) is 17.2 Å². The van der Waals surface area contributed by atoms with Crippen molar-refractivity contribution in [1.82, 2.24) is 5.32 Å². The maximum absolute atomic E-state index is 12.8. The van der Waals surface area contributed by atoms with Crippen LogP contribution < -0.4 is 5.32 Å². The molecule has 2 aromatic carbocycles. The second kappa shape index (κ2) is 5.27. The zero-order valence-corrected chi connectivity index (χ0v) is 11.7. The van der Waals surface area contributed by atoms with E-state index in [2.05, 4.69) is 29.6 Å². The highest BCUT2D eigenvalue weighted by atomic mass is 32.2. The highest BCUT2D eigenvalue weighted by Crippen LogP contribution is 2.35. The van der Waals surface area contributed by atoms with Crippen molar-refractivity contribution in [1.29, 1.82) is 0 Å². The van der Waals surface area contributed by atoms with Gasteiger partial charge >= 0.3 is 0 Å².